The van der Waals surface area contributed by atoms with Crippen molar-refractivity contribution in [2.24, 2.45) is 17.6 Å². The highest BCUT2D eigenvalue weighted by Crippen LogP contribution is 2.39. The van der Waals surface area contributed by atoms with E-state index in [0.29, 0.717) is 25.8 Å². The summed E-state index contributed by atoms with van der Waals surface area (Å²) in [4.78, 5) is 49.6. The molecule has 6 N–H and O–H groups in total. The molecule has 1 aromatic rings. The summed E-state index contributed by atoms with van der Waals surface area (Å²) in [5.41, 5.74) is 5.83. The Morgan fingerprint density at radius 3 is 2.49 bits per heavy atom. The van der Waals surface area contributed by atoms with Gasteiger partial charge < -0.3 is 26.2 Å². The minimum Gasteiger partial charge on any atom is -0.442 e. The Morgan fingerprint density at radius 1 is 1.24 bits per heavy atom. The van der Waals surface area contributed by atoms with Crippen LogP contribution in [0.15, 0.2) is 30.3 Å². The lowest BCUT2D eigenvalue weighted by Crippen LogP contribution is -2.52. The van der Waals surface area contributed by atoms with Gasteiger partial charge in [0.25, 0.3) is 0 Å². The number of carbonyl (C=O) groups excluding carboxylic acids is 4. The predicted molar refractivity (Wildman–Crippen MR) is 140 cm³/mol. The van der Waals surface area contributed by atoms with Crippen molar-refractivity contribution in [2.75, 3.05) is 6.54 Å². The van der Waals surface area contributed by atoms with E-state index in [-0.39, 0.29) is 18.2 Å². The average Bonchev–Trinajstić information content (AvgIpc) is 3.23. The monoisotopic (exact) mass is 534 g/mol. The molecule has 0 radical (unpaired) electrons. The van der Waals surface area contributed by atoms with Gasteiger partial charge in [0.15, 0.2) is 6.10 Å². The van der Waals surface area contributed by atoms with Crippen LogP contribution in [0.2, 0.25) is 0 Å². The van der Waals surface area contributed by atoms with E-state index in [9.17, 15) is 24.3 Å². The van der Waals surface area contributed by atoms with E-state index >= 15 is 0 Å². The quantitative estimate of drug-likeness (QED) is 0.241. The van der Waals surface area contributed by atoms with Crippen molar-refractivity contribution in [3.63, 3.8) is 0 Å². The lowest BCUT2D eigenvalue weighted by atomic mass is 9.76. The fourth-order valence-corrected chi connectivity index (χ4v) is 5.68. The van der Waals surface area contributed by atoms with Crippen LogP contribution in [0, 0.1) is 11.8 Å². The van der Waals surface area contributed by atoms with Crippen LogP contribution >= 0.6 is 11.9 Å². The number of ether oxygens (including phenoxy) is 1. The number of rotatable bonds is 13. The van der Waals surface area contributed by atoms with Gasteiger partial charge in [-0.05, 0) is 62.0 Å². The number of aliphatic hydroxyl groups excluding tert-OH is 1. The number of hydrogen-bond donors (Lipinski definition) is 5. The minimum atomic E-state index is -1.64. The minimum absolute atomic E-state index is 0.0816. The van der Waals surface area contributed by atoms with Gasteiger partial charge in [-0.25, -0.2) is 4.79 Å². The van der Waals surface area contributed by atoms with Crippen LogP contribution in [-0.4, -0.2) is 58.5 Å². The van der Waals surface area contributed by atoms with Gasteiger partial charge >= 0.3 is 6.09 Å². The zero-order valence-corrected chi connectivity index (χ0v) is 22.2. The highest BCUT2D eigenvalue weighted by molar-refractivity contribution is 7.99. The van der Waals surface area contributed by atoms with Crippen LogP contribution in [0.1, 0.15) is 57.9 Å². The van der Waals surface area contributed by atoms with E-state index < -0.39 is 46.8 Å². The second-order valence-corrected chi connectivity index (χ2v) is 11.4. The van der Waals surface area contributed by atoms with Crippen molar-refractivity contribution in [1.29, 1.82) is 0 Å². The number of benzene rings is 1. The summed E-state index contributed by atoms with van der Waals surface area (Å²) >= 11 is 0.939. The lowest BCUT2D eigenvalue weighted by Gasteiger charge is -2.41. The third-order valence-electron chi connectivity index (χ3n) is 6.91. The van der Waals surface area contributed by atoms with E-state index in [1.807, 2.05) is 44.2 Å². The molecule has 1 unspecified atom stereocenters. The van der Waals surface area contributed by atoms with Crippen LogP contribution in [-0.2, 0) is 25.5 Å². The molecule has 3 rings (SSSR count). The van der Waals surface area contributed by atoms with Crippen molar-refractivity contribution in [2.45, 2.75) is 81.8 Å². The van der Waals surface area contributed by atoms with Gasteiger partial charge in [-0.3, -0.25) is 19.1 Å². The number of aliphatic hydroxyl groups is 1. The second-order valence-electron chi connectivity index (χ2n) is 10.4. The van der Waals surface area contributed by atoms with Crippen LogP contribution in [0.4, 0.5) is 4.79 Å². The van der Waals surface area contributed by atoms with Crippen molar-refractivity contribution in [3.8, 4) is 0 Å². The molecule has 4 amide bonds. The van der Waals surface area contributed by atoms with Gasteiger partial charge in [0.1, 0.15) is 10.9 Å². The van der Waals surface area contributed by atoms with E-state index in [1.54, 1.807) is 0 Å². The summed E-state index contributed by atoms with van der Waals surface area (Å²) in [5.74, 6) is -1.95. The Hall–Kier alpha value is -2.79. The van der Waals surface area contributed by atoms with Crippen LogP contribution < -0.4 is 21.1 Å². The van der Waals surface area contributed by atoms with E-state index in [1.165, 1.54) is 0 Å². The van der Waals surface area contributed by atoms with Crippen molar-refractivity contribution < 1.29 is 29.0 Å². The fourth-order valence-electron chi connectivity index (χ4n) is 4.74. The SMILES string of the molecule is CC(C)C[C@H](SNC(=O)OC1(Cc2ccccc2)CCC1)C(=O)N[C@@H](C[C@@H]1CCNC1=O)C(O)C(N)=O. The molecule has 11 heteroatoms. The lowest BCUT2D eigenvalue weighted by molar-refractivity contribution is -0.131. The third-order valence-corrected chi connectivity index (χ3v) is 7.88. The molecule has 1 aliphatic heterocycles. The summed E-state index contributed by atoms with van der Waals surface area (Å²) in [7, 11) is 0. The first kappa shape index (κ1) is 28.8. The number of primary amides is 1. The maximum Gasteiger partial charge on any atom is 0.417 e. The molecule has 2 aliphatic rings. The topological polar surface area (TPSA) is 160 Å². The Kier molecular flexibility index (Phi) is 10.2. The average molecular weight is 535 g/mol. The Labute approximate surface area is 222 Å². The molecule has 1 aliphatic carbocycles. The van der Waals surface area contributed by atoms with Gasteiger partial charge in [-0.1, -0.05) is 44.2 Å². The number of nitrogens with one attached hydrogen (secondary N) is 3. The molecule has 0 aromatic heterocycles. The van der Waals surface area contributed by atoms with Crippen molar-refractivity contribution >= 4 is 35.8 Å². The first-order valence-electron chi connectivity index (χ1n) is 12.8. The smallest absolute Gasteiger partial charge is 0.417 e. The van der Waals surface area contributed by atoms with Gasteiger partial charge in [0.05, 0.1) is 6.04 Å². The summed E-state index contributed by atoms with van der Waals surface area (Å²) in [6.07, 6.45) is 1.95. The molecule has 0 bridgehead atoms. The molecule has 1 saturated carbocycles. The second kappa shape index (κ2) is 13.1. The van der Waals surface area contributed by atoms with Gasteiger partial charge in [0, 0.05) is 18.9 Å². The normalized spacial score (nSPS) is 20.8. The zero-order valence-electron chi connectivity index (χ0n) is 21.4. The van der Waals surface area contributed by atoms with Gasteiger partial charge in [0.2, 0.25) is 17.7 Å². The van der Waals surface area contributed by atoms with Gasteiger partial charge in [-0.15, -0.1) is 0 Å². The zero-order chi connectivity index (χ0) is 27.0. The molecule has 0 spiro atoms. The molecule has 1 saturated heterocycles. The number of hydrogen-bond acceptors (Lipinski definition) is 7. The standard InChI is InChI=1S/C26H38N4O6S/c1-16(2)13-20(24(34)29-19(21(31)22(27)32)14-18-9-12-28-23(18)33)37-30-25(35)36-26(10-6-11-26)15-17-7-4-3-5-8-17/h3-5,7-8,16,18-21,31H,6,9-15H2,1-2H3,(H2,27,32)(H,28,33)(H,29,34)(H,30,35)/t18-,19-,20-,21?/m0/s1. The summed E-state index contributed by atoms with van der Waals surface area (Å²) in [6, 6.07) is 8.83. The van der Waals surface area contributed by atoms with E-state index in [4.69, 9.17) is 10.5 Å². The molecule has 10 nitrogen and oxygen atoms in total. The number of carbonyl (C=O) groups is 4. The molecular formula is C26H38N4O6S. The first-order chi connectivity index (χ1) is 17.6. The number of nitrogens with two attached hydrogens (primary N) is 1. The molecule has 204 valence electrons. The highest BCUT2D eigenvalue weighted by Gasteiger charge is 2.41. The largest absolute Gasteiger partial charge is 0.442 e. The summed E-state index contributed by atoms with van der Waals surface area (Å²) in [6.45, 7) is 4.39. The maximum atomic E-state index is 13.2. The van der Waals surface area contributed by atoms with E-state index in [2.05, 4.69) is 15.4 Å². The molecular weight excluding hydrogens is 496 g/mol. The highest BCUT2D eigenvalue weighted by atomic mass is 32.2. The van der Waals surface area contributed by atoms with Gasteiger partial charge in [-0.2, -0.15) is 0 Å². The molecule has 4 atom stereocenters. The third kappa shape index (κ3) is 8.36. The molecule has 1 heterocycles. The van der Waals surface area contributed by atoms with E-state index in [0.717, 1.165) is 36.8 Å². The Balaban J connectivity index is 1.60. The van der Waals surface area contributed by atoms with Crippen LogP contribution in [0.3, 0.4) is 0 Å². The predicted octanol–water partition coefficient (Wildman–Crippen LogP) is 1.80. The molecule has 2 fully saturated rings. The van der Waals surface area contributed by atoms with Crippen LogP contribution in [0.25, 0.3) is 0 Å². The summed E-state index contributed by atoms with van der Waals surface area (Å²) in [5, 5.41) is 15.0. The molecule has 1 aromatic carbocycles. The Morgan fingerprint density at radius 2 is 1.95 bits per heavy atom. The molecule has 37 heavy (non-hydrogen) atoms. The number of amides is 4. The Bertz CT molecular complexity index is 956. The summed E-state index contributed by atoms with van der Waals surface area (Å²) < 4.78 is 8.48. The first-order valence-corrected chi connectivity index (χ1v) is 13.7. The fraction of sp³-hybridized carbons (Fsp3) is 0.615. The van der Waals surface area contributed by atoms with Crippen LogP contribution in [0.5, 0.6) is 0 Å². The van der Waals surface area contributed by atoms with Crippen molar-refractivity contribution in [3.05, 3.63) is 35.9 Å². The van der Waals surface area contributed by atoms with Crippen molar-refractivity contribution in [1.82, 2.24) is 15.4 Å². The maximum absolute atomic E-state index is 13.2.